The Balaban J connectivity index is 2.33. The summed E-state index contributed by atoms with van der Waals surface area (Å²) >= 11 is 0. The van der Waals surface area contributed by atoms with Crippen molar-refractivity contribution in [3.8, 4) is 0 Å². The number of ether oxygens (including phenoxy) is 1. The molecule has 1 aliphatic carbocycles. The molecular formula is C14H29NO. The highest BCUT2D eigenvalue weighted by molar-refractivity contribution is 4.81. The molecule has 1 saturated carbocycles. The third kappa shape index (κ3) is 4.84. The second kappa shape index (κ2) is 5.50. The molecule has 0 saturated heterocycles. The van der Waals surface area contributed by atoms with Crippen LogP contribution in [0.1, 0.15) is 59.8 Å². The lowest BCUT2D eigenvalue weighted by molar-refractivity contribution is 0.0206. The maximum Gasteiger partial charge on any atom is 0.0746 e. The summed E-state index contributed by atoms with van der Waals surface area (Å²) in [6.07, 6.45) is 6.71. The zero-order chi connectivity index (χ0) is 12.2. The first-order valence-electron chi connectivity index (χ1n) is 6.63. The maximum atomic E-state index is 5.44. The van der Waals surface area contributed by atoms with Gasteiger partial charge in [-0.05, 0) is 44.9 Å². The molecule has 0 aromatic rings. The molecule has 0 aromatic heterocycles. The topological polar surface area (TPSA) is 21.3 Å². The number of methoxy groups -OCH3 is 1. The summed E-state index contributed by atoms with van der Waals surface area (Å²) in [5.41, 5.74) is 0.509. The van der Waals surface area contributed by atoms with Crippen LogP contribution in [0.3, 0.4) is 0 Å². The predicted molar refractivity (Wildman–Crippen MR) is 69.7 cm³/mol. The Bertz CT molecular complexity index is 211. The molecule has 0 radical (unpaired) electrons. The van der Waals surface area contributed by atoms with Gasteiger partial charge in [-0.25, -0.2) is 0 Å². The standard InChI is InChI=1S/C14H29NO/c1-13(2)9-6-7-12(8-10-13)15-11-14(3,4)16-5/h12,15H,6-11H2,1-5H3. The smallest absolute Gasteiger partial charge is 0.0746 e. The van der Waals surface area contributed by atoms with E-state index in [9.17, 15) is 0 Å². The van der Waals surface area contributed by atoms with E-state index in [0.717, 1.165) is 6.54 Å². The SMILES string of the molecule is COC(C)(C)CNC1CCCC(C)(C)CC1. The maximum absolute atomic E-state index is 5.44. The van der Waals surface area contributed by atoms with Gasteiger partial charge in [0, 0.05) is 19.7 Å². The molecule has 0 aromatic carbocycles. The first-order chi connectivity index (χ1) is 7.35. The van der Waals surface area contributed by atoms with Gasteiger partial charge in [0.2, 0.25) is 0 Å². The molecule has 0 amide bonds. The normalized spacial score (nSPS) is 26.4. The van der Waals surface area contributed by atoms with Gasteiger partial charge in [-0.2, -0.15) is 0 Å². The van der Waals surface area contributed by atoms with Crippen molar-refractivity contribution in [1.82, 2.24) is 5.32 Å². The van der Waals surface area contributed by atoms with Gasteiger partial charge in [0.25, 0.3) is 0 Å². The number of hydrogen-bond acceptors (Lipinski definition) is 2. The highest BCUT2D eigenvalue weighted by Crippen LogP contribution is 2.33. The molecule has 0 heterocycles. The van der Waals surface area contributed by atoms with E-state index in [1.54, 1.807) is 7.11 Å². The molecule has 1 N–H and O–H groups in total. The zero-order valence-electron chi connectivity index (χ0n) is 11.7. The second-order valence-corrected chi connectivity index (χ2v) is 6.64. The van der Waals surface area contributed by atoms with E-state index in [1.807, 2.05) is 0 Å². The Morgan fingerprint density at radius 3 is 2.56 bits per heavy atom. The van der Waals surface area contributed by atoms with E-state index in [2.05, 4.69) is 33.0 Å². The first kappa shape index (κ1) is 14.0. The molecule has 1 unspecified atom stereocenters. The molecule has 2 heteroatoms. The van der Waals surface area contributed by atoms with Gasteiger partial charge in [0.15, 0.2) is 0 Å². The van der Waals surface area contributed by atoms with Gasteiger partial charge >= 0.3 is 0 Å². The van der Waals surface area contributed by atoms with Crippen molar-refractivity contribution in [2.75, 3.05) is 13.7 Å². The Hall–Kier alpha value is -0.0800. The number of nitrogens with one attached hydrogen (secondary N) is 1. The first-order valence-corrected chi connectivity index (χ1v) is 6.63. The Morgan fingerprint density at radius 2 is 1.94 bits per heavy atom. The van der Waals surface area contributed by atoms with E-state index >= 15 is 0 Å². The van der Waals surface area contributed by atoms with E-state index in [0.29, 0.717) is 11.5 Å². The lowest BCUT2D eigenvalue weighted by Gasteiger charge is -2.27. The van der Waals surface area contributed by atoms with Crippen LogP contribution in [0.15, 0.2) is 0 Å². The third-order valence-electron chi connectivity index (χ3n) is 3.94. The fourth-order valence-corrected chi connectivity index (χ4v) is 2.33. The van der Waals surface area contributed by atoms with Gasteiger partial charge in [0.1, 0.15) is 0 Å². The van der Waals surface area contributed by atoms with Crippen molar-refractivity contribution in [3.05, 3.63) is 0 Å². The summed E-state index contributed by atoms with van der Waals surface area (Å²) in [6, 6.07) is 0.691. The van der Waals surface area contributed by atoms with Crippen molar-refractivity contribution in [1.29, 1.82) is 0 Å². The lowest BCUT2D eigenvalue weighted by atomic mass is 9.85. The zero-order valence-corrected chi connectivity index (χ0v) is 11.7. The van der Waals surface area contributed by atoms with E-state index in [1.165, 1.54) is 32.1 Å². The highest BCUT2D eigenvalue weighted by atomic mass is 16.5. The Kier molecular flexibility index (Phi) is 4.81. The molecule has 0 spiro atoms. The molecule has 1 atom stereocenters. The average Bonchev–Trinajstić information content (AvgIpc) is 2.37. The summed E-state index contributed by atoms with van der Waals surface area (Å²) in [4.78, 5) is 0. The lowest BCUT2D eigenvalue weighted by Crippen LogP contribution is -2.41. The summed E-state index contributed by atoms with van der Waals surface area (Å²) in [5, 5.41) is 3.67. The number of hydrogen-bond donors (Lipinski definition) is 1. The predicted octanol–water partition coefficient (Wildman–Crippen LogP) is 3.36. The minimum Gasteiger partial charge on any atom is -0.377 e. The molecule has 2 nitrogen and oxygen atoms in total. The molecule has 96 valence electrons. The van der Waals surface area contributed by atoms with Gasteiger partial charge in [-0.15, -0.1) is 0 Å². The molecule has 1 aliphatic rings. The summed E-state index contributed by atoms with van der Waals surface area (Å²) in [7, 11) is 1.79. The monoisotopic (exact) mass is 227 g/mol. The Morgan fingerprint density at radius 1 is 1.25 bits per heavy atom. The van der Waals surface area contributed by atoms with Crippen LogP contribution in [-0.2, 0) is 4.74 Å². The highest BCUT2D eigenvalue weighted by Gasteiger charge is 2.25. The molecular weight excluding hydrogens is 198 g/mol. The van der Waals surface area contributed by atoms with Crippen LogP contribution in [0.4, 0.5) is 0 Å². The van der Waals surface area contributed by atoms with Crippen LogP contribution in [-0.4, -0.2) is 25.3 Å². The van der Waals surface area contributed by atoms with Crippen LogP contribution in [0.2, 0.25) is 0 Å². The van der Waals surface area contributed by atoms with Crippen LogP contribution in [0.5, 0.6) is 0 Å². The van der Waals surface area contributed by atoms with Gasteiger partial charge < -0.3 is 10.1 Å². The molecule has 1 rings (SSSR count). The Labute approximate surface area is 101 Å². The van der Waals surface area contributed by atoms with Crippen molar-refractivity contribution in [2.24, 2.45) is 5.41 Å². The molecule has 0 bridgehead atoms. The minimum atomic E-state index is -0.0399. The fraction of sp³-hybridized carbons (Fsp3) is 1.00. The fourth-order valence-electron chi connectivity index (χ4n) is 2.33. The van der Waals surface area contributed by atoms with E-state index < -0.39 is 0 Å². The van der Waals surface area contributed by atoms with Crippen molar-refractivity contribution >= 4 is 0 Å². The van der Waals surface area contributed by atoms with Crippen LogP contribution in [0, 0.1) is 5.41 Å². The van der Waals surface area contributed by atoms with Gasteiger partial charge in [0.05, 0.1) is 5.60 Å². The second-order valence-electron chi connectivity index (χ2n) is 6.64. The average molecular weight is 227 g/mol. The van der Waals surface area contributed by atoms with E-state index in [4.69, 9.17) is 4.74 Å². The molecule has 16 heavy (non-hydrogen) atoms. The van der Waals surface area contributed by atoms with Gasteiger partial charge in [-0.3, -0.25) is 0 Å². The van der Waals surface area contributed by atoms with Crippen molar-refractivity contribution < 1.29 is 4.74 Å². The van der Waals surface area contributed by atoms with Crippen molar-refractivity contribution in [2.45, 2.75) is 71.4 Å². The number of rotatable bonds is 4. The van der Waals surface area contributed by atoms with E-state index in [-0.39, 0.29) is 5.60 Å². The van der Waals surface area contributed by atoms with Gasteiger partial charge in [-0.1, -0.05) is 20.3 Å². The quantitative estimate of drug-likeness (QED) is 0.744. The summed E-state index contributed by atoms with van der Waals surface area (Å²) in [5.74, 6) is 0. The van der Waals surface area contributed by atoms with Crippen LogP contribution in [0.25, 0.3) is 0 Å². The third-order valence-corrected chi connectivity index (χ3v) is 3.94. The van der Waals surface area contributed by atoms with Crippen molar-refractivity contribution in [3.63, 3.8) is 0 Å². The minimum absolute atomic E-state index is 0.0399. The molecule has 1 fully saturated rings. The van der Waals surface area contributed by atoms with Crippen LogP contribution >= 0.6 is 0 Å². The largest absolute Gasteiger partial charge is 0.377 e. The molecule has 0 aliphatic heterocycles. The summed E-state index contributed by atoms with van der Waals surface area (Å²) in [6.45, 7) is 10.0. The van der Waals surface area contributed by atoms with Crippen LogP contribution < -0.4 is 5.32 Å². The summed E-state index contributed by atoms with van der Waals surface area (Å²) < 4.78 is 5.44.